The van der Waals surface area contributed by atoms with Gasteiger partial charge in [-0.2, -0.15) is 0 Å². The fourth-order valence-electron chi connectivity index (χ4n) is 3.26. The number of imide groups is 2. The van der Waals surface area contributed by atoms with Crippen molar-refractivity contribution in [3.63, 3.8) is 0 Å². The predicted molar refractivity (Wildman–Crippen MR) is 83.9 cm³/mol. The Bertz CT molecular complexity index is 629. The van der Waals surface area contributed by atoms with Gasteiger partial charge in [0.1, 0.15) is 0 Å². The maximum absolute atomic E-state index is 11.6. The Labute approximate surface area is 135 Å². The Kier molecular flexibility index (Phi) is 4.82. The summed E-state index contributed by atoms with van der Waals surface area (Å²) in [4.78, 5) is 45.4. The molecule has 4 amide bonds. The number of rotatable bonds is 7. The van der Waals surface area contributed by atoms with Gasteiger partial charge in [0.05, 0.1) is 0 Å². The lowest BCUT2D eigenvalue weighted by Gasteiger charge is -2.28. The zero-order chi connectivity index (χ0) is 17.2. The molecular weight excluding hydrogens is 296 g/mol. The highest BCUT2D eigenvalue weighted by molar-refractivity contribution is 6.16. The van der Waals surface area contributed by atoms with Gasteiger partial charge in [-0.15, -0.1) is 0 Å². The highest BCUT2D eigenvalue weighted by Gasteiger charge is 2.29. The van der Waals surface area contributed by atoms with E-state index in [0.29, 0.717) is 29.9 Å². The summed E-state index contributed by atoms with van der Waals surface area (Å²) in [6.07, 6.45) is 5.48. The molecule has 23 heavy (non-hydrogen) atoms. The van der Waals surface area contributed by atoms with Crippen molar-refractivity contribution in [1.29, 1.82) is 0 Å². The van der Waals surface area contributed by atoms with E-state index < -0.39 is 0 Å². The first kappa shape index (κ1) is 17.1. The smallest absolute Gasteiger partial charge is 0.254 e. The minimum atomic E-state index is -0.349. The number of carbonyl (C=O) groups excluding carboxylic acids is 4. The second kappa shape index (κ2) is 6.48. The van der Waals surface area contributed by atoms with Crippen LogP contribution in [0.4, 0.5) is 0 Å². The van der Waals surface area contributed by atoms with Crippen LogP contribution in [0.25, 0.3) is 0 Å². The fourth-order valence-corrected chi connectivity index (χ4v) is 3.26. The summed E-state index contributed by atoms with van der Waals surface area (Å²) in [6, 6.07) is 0. The molecule has 0 fully saturated rings. The summed E-state index contributed by atoms with van der Waals surface area (Å²) >= 11 is 0. The molecule has 0 aliphatic carbocycles. The maximum Gasteiger partial charge on any atom is 0.254 e. The van der Waals surface area contributed by atoms with E-state index in [4.69, 9.17) is 0 Å². The average molecular weight is 318 g/mol. The number of hydrogen-bond donors (Lipinski definition) is 2. The number of nitrogens with one attached hydrogen (secondary N) is 2. The van der Waals surface area contributed by atoms with E-state index in [2.05, 4.69) is 31.4 Å². The van der Waals surface area contributed by atoms with Crippen molar-refractivity contribution in [1.82, 2.24) is 10.6 Å². The molecule has 6 nitrogen and oxygen atoms in total. The van der Waals surface area contributed by atoms with Crippen molar-refractivity contribution in [2.75, 3.05) is 0 Å². The van der Waals surface area contributed by atoms with Gasteiger partial charge < -0.3 is 0 Å². The average Bonchev–Trinajstić information content (AvgIpc) is 2.88. The SMILES string of the molecule is CC(CCC1=CC(=O)NC1=O)CC(C)(C)CC1=CC(=O)NC1=O. The van der Waals surface area contributed by atoms with E-state index in [0.717, 1.165) is 12.8 Å². The van der Waals surface area contributed by atoms with Crippen LogP contribution < -0.4 is 10.6 Å². The van der Waals surface area contributed by atoms with E-state index in [1.165, 1.54) is 12.2 Å². The van der Waals surface area contributed by atoms with E-state index >= 15 is 0 Å². The molecule has 0 radical (unpaired) electrons. The second-order valence-corrected chi connectivity index (χ2v) is 7.16. The van der Waals surface area contributed by atoms with Gasteiger partial charge in [0.15, 0.2) is 0 Å². The first-order valence-electron chi connectivity index (χ1n) is 7.78. The van der Waals surface area contributed by atoms with E-state index in [1.54, 1.807) is 0 Å². The summed E-state index contributed by atoms with van der Waals surface area (Å²) in [6.45, 7) is 6.21. The lowest BCUT2D eigenvalue weighted by atomic mass is 9.77. The first-order valence-corrected chi connectivity index (χ1v) is 7.78. The molecule has 2 aliphatic heterocycles. The van der Waals surface area contributed by atoms with Crippen LogP contribution in [0.15, 0.2) is 23.3 Å². The molecule has 6 heteroatoms. The molecule has 0 saturated heterocycles. The Balaban J connectivity index is 1.85. The molecule has 0 aromatic heterocycles. The zero-order valence-electron chi connectivity index (χ0n) is 13.7. The third kappa shape index (κ3) is 4.61. The molecular formula is C17H22N2O4. The monoisotopic (exact) mass is 318 g/mol. The molecule has 0 aromatic rings. The number of amides is 4. The third-order valence-corrected chi connectivity index (χ3v) is 4.14. The Morgan fingerprint density at radius 2 is 1.48 bits per heavy atom. The van der Waals surface area contributed by atoms with Crippen LogP contribution in [0.3, 0.4) is 0 Å². The summed E-state index contributed by atoms with van der Waals surface area (Å²) in [5.41, 5.74) is 0.925. The van der Waals surface area contributed by atoms with Crippen molar-refractivity contribution in [2.24, 2.45) is 11.3 Å². The van der Waals surface area contributed by atoms with Gasteiger partial charge in [-0.05, 0) is 37.0 Å². The van der Waals surface area contributed by atoms with Crippen LogP contribution in [0.2, 0.25) is 0 Å². The van der Waals surface area contributed by atoms with Gasteiger partial charge in [-0.3, -0.25) is 29.8 Å². The van der Waals surface area contributed by atoms with Gasteiger partial charge in [-0.1, -0.05) is 20.8 Å². The summed E-state index contributed by atoms with van der Waals surface area (Å²) in [5, 5.41) is 4.50. The quantitative estimate of drug-likeness (QED) is 0.694. The molecule has 2 heterocycles. The molecule has 2 rings (SSSR count). The lowest BCUT2D eigenvalue weighted by molar-refractivity contribution is -0.125. The molecule has 2 N–H and O–H groups in total. The molecule has 2 aliphatic rings. The largest absolute Gasteiger partial charge is 0.289 e. The van der Waals surface area contributed by atoms with E-state index in [1.807, 2.05) is 0 Å². The van der Waals surface area contributed by atoms with Crippen LogP contribution in [0.1, 0.15) is 46.5 Å². The highest BCUT2D eigenvalue weighted by Crippen LogP contribution is 2.35. The number of carbonyl (C=O) groups is 4. The van der Waals surface area contributed by atoms with Crippen LogP contribution in [-0.4, -0.2) is 23.6 Å². The Hall–Kier alpha value is -2.24. The molecule has 1 atom stereocenters. The van der Waals surface area contributed by atoms with Crippen molar-refractivity contribution >= 4 is 23.6 Å². The lowest BCUT2D eigenvalue weighted by Crippen LogP contribution is -2.25. The van der Waals surface area contributed by atoms with Gasteiger partial charge >= 0.3 is 0 Å². The summed E-state index contributed by atoms with van der Waals surface area (Å²) in [7, 11) is 0. The summed E-state index contributed by atoms with van der Waals surface area (Å²) in [5.74, 6) is -0.968. The summed E-state index contributed by atoms with van der Waals surface area (Å²) < 4.78 is 0. The van der Waals surface area contributed by atoms with Crippen molar-refractivity contribution in [3.05, 3.63) is 23.3 Å². The Morgan fingerprint density at radius 3 is 1.96 bits per heavy atom. The molecule has 0 spiro atoms. The minimum Gasteiger partial charge on any atom is -0.289 e. The zero-order valence-corrected chi connectivity index (χ0v) is 13.7. The fraction of sp³-hybridized carbons (Fsp3) is 0.529. The standard InChI is InChI=1S/C17H22N2O4/c1-10(4-5-11-6-13(20)18-15(11)22)8-17(2,3)9-12-7-14(21)19-16(12)23/h6-7,10H,4-5,8-9H2,1-3H3,(H,18,20,22)(H,19,21,23). The van der Waals surface area contributed by atoms with Crippen molar-refractivity contribution in [2.45, 2.75) is 46.5 Å². The molecule has 0 saturated carbocycles. The highest BCUT2D eigenvalue weighted by atomic mass is 16.2. The van der Waals surface area contributed by atoms with Gasteiger partial charge in [0.25, 0.3) is 23.6 Å². The van der Waals surface area contributed by atoms with Gasteiger partial charge in [-0.25, -0.2) is 0 Å². The van der Waals surface area contributed by atoms with Crippen LogP contribution in [-0.2, 0) is 19.2 Å². The van der Waals surface area contributed by atoms with Crippen LogP contribution in [0.5, 0.6) is 0 Å². The van der Waals surface area contributed by atoms with Crippen molar-refractivity contribution < 1.29 is 19.2 Å². The second-order valence-electron chi connectivity index (χ2n) is 7.16. The van der Waals surface area contributed by atoms with Gasteiger partial charge in [0, 0.05) is 23.3 Å². The van der Waals surface area contributed by atoms with Crippen LogP contribution in [0, 0.1) is 11.3 Å². The molecule has 1 unspecified atom stereocenters. The minimum absolute atomic E-state index is 0.130. The topological polar surface area (TPSA) is 92.3 Å². The van der Waals surface area contributed by atoms with E-state index in [9.17, 15) is 19.2 Å². The third-order valence-electron chi connectivity index (χ3n) is 4.14. The molecule has 124 valence electrons. The van der Waals surface area contributed by atoms with E-state index in [-0.39, 0.29) is 29.0 Å². The predicted octanol–water partition coefficient (Wildman–Crippen LogP) is 1.37. The first-order chi connectivity index (χ1) is 10.7. The number of hydrogen-bond acceptors (Lipinski definition) is 4. The van der Waals surface area contributed by atoms with Gasteiger partial charge in [0.2, 0.25) is 0 Å². The maximum atomic E-state index is 11.6. The van der Waals surface area contributed by atoms with Crippen LogP contribution >= 0.6 is 0 Å². The van der Waals surface area contributed by atoms with Crippen molar-refractivity contribution in [3.8, 4) is 0 Å². The normalized spacial score (nSPS) is 19.4. The Morgan fingerprint density at radius 1 is 0.957 bits per heavy atom. The molecule has 0 aromatic carbocycles. The molecule has 0 bridgehead atoms.